The molecule has 94 valence electrons. The van der Waals surface area contributed by atoms with E-state index >= 15 is 0 Å². The lowest BCUT2D eigenvalue weighted by molar-refractivity contribution is -0.141. The number of nitrogens with one attached hydrogen (secondary N) is 2. The summed E-state index contributed by atoms with van der Waals surface area (Å²) in [7, 11) is 0. The van der Waals surface area contributed by atoms with Crippen molar-refractivity contribution in [2.24, 2.45) is 5.92 Å². The molecule has 0 spiro atoms. The maximum atomic E-state index is 11.5. The van der Waals surface area contributed by atoms with Crippen LogP contribution in [-0.4, -0.2) is 26.2 Å². The molecule has 6 nitrogen and oxygen atoms in total. The highest BCUT2D eigenvalue weighted by Crippen LogP contribution is 2.13. The topological polar surface area (TPSA) is 106 Å². The number of aromatic amines is 2. The molecule has 17 heavy (non-hydrogen) atoms. The summed E-state index contributed by atoms with van der Waals surface area (Å²) in [6.45, 7) is 1.60. The van der Waals surface area contributed by atoms with Crippen LogP contribution in [0.1, 0.15) is 25.3 Å². The van der Waals surface area contributed by atoms with Crippen LogP contribution in [0.3, 0.4) is 0 Å². The third kappa shape index (κ3) is 3.70. The maximum Gasteiger partial charge on any atom is 0.306 e. The molecule has 4 N–H and O–H groups in total. The highest BCUT2D eigenvalue weighted by atomic mass is 32.1. The second-order valence-electron chi connectivity index (χ2n) is 3.87. The first-order chi connectivity index (χ1) is 7.91. The molecular formula is C10H14N2O4S. The first-order valence-corrected chi connectivity index (χ1v) is 5.60. The van der Waals surface area contributed by atoms with Crippen molar-refractivity contribution >= 4 is 18.2 Å². The standard InChI is InChI=1S/C10H14N2O4S/c1-5(9(15)16)3-2-4-6-7(13)11-10(17)12-8(6)14/h5H,2-4H2,1H3,(H,15,16)(H3,11,12,13,14,17). The Morgan fingerprint density at radius 2 is 2.12 bits per heavy atom. The van der Waals surface area contributed by atoms with E-state index < -0.39 is 17.4 Å². The van der Waals surface area contributed by atoms with Crippen LogP contribution in [0, 0.1) is 10.7 Å². The van der Waals surface area contributed by atoms with Crippen LogP contribution >= 0.6 is 12.2 Å². The zero-order valence-corrected chi connectivity index (χ0v) is 10.1. The number of aliphatic carboxylic acids is 1. The highest BCUT2D eigenvalue weighted by Gasteiger charge is 2.12. The lowest BCUT2D eigenvalue weighted by Gasteiger charge is -2.06. The SMILES string of the molecule is CC(CCCc1c(O)[nH]c(=S)[nH]c1=O)C(=O)O. The Kier molecular flexibility index (Phi) is 4.45. The van der Waals surface area contributed by atoms with Crippen molar-refractivity contribution in [3.63, 3.8) is 0 Å². The maximum absolute atomic E-state index is 11.5. The number of aromatic nitrogens is 2. The Morgan fingerprint density at radius 3 is 2.65 bits per heavy atom. The smallest absolute Gasteiger partial charge is 0.306 e. The van der Waals surface area contributed by atoms with E-state index in [9.17, 15) is 14.7 Å². The molecule has 0 amide bonds. The van der Waals surface area contributed by atoms with Crippen molar-refractivity contribution in [1.29, 1.82) is 0 Å². The van der Waals surface area contributed by atoms with Gasteiger partial charge in [-0.1, -0.05) is 6.92 Å². The van der Waals surface area contributed by atoms with Gasteiger partial charge in [0, 0.05) is 0 Å². The quantitative estimate of drug-likeness (QED) is 0.593. The van der Waals surface area contributed by atoms with E-state index in [4.69, 9.17) is 5.11 Å². The molecule has 0 aliphatic carbocycles. The molecule has 0 saturated heterocycles. The molecule has 0 aromatic carbocycles. The number of carboxylic acids is 1. The molecule has 0 bridgehead atoms. The molecule has 1 heterocycles. The van der Waals surface area contributed by atoms with E-state index in [0.29, 0.717) is 19.3 Å². The van der Waals surface area contributed by atoms with Crippen LogP contribution in [0.5, 0.6) is 5.88 Å². The van der Waals surface area contributed by atoms with Crippen LogP contribution in [0.4, 0.5) is 0 Å². The first-order valence-electron chi connectivity index (χ1n) is 5.19. The van der Waals surface area contributed by atoms with E-state index in [1.807, 2.05) is 0 Å². The summed E-state index contributed by atoms with van der Waals surface area (Å²) in [6.07, 6.45) is 1.27. The van der Waals surface area contributed by atoms with Crippen molar-refractivity contribution in [3.8, 4) is 5.88 Å². The molecule has 1 aromatic heterocycles. The monoisotopic (exact) mass is 258 g/mol. The fourth-order valence-corrected chi connectivity index (χ4v) is 1.63. The van der Waals surface area contributed by atoms with E-state index in [2.05, 4.69) is 22.2 Å². The molecule has 1 rings (SSSR count). The Balaban J connectivity index is 2.68. The van der Waals surface area contributed by atoms with Gasteiger partial charge < -0.3 is 15.2 Å². The van der Waals surface area contributed by atoms with E-state index in [1.54, 1.807) is 6.92 Å². The molecule has 7 heteroatoms. The minimum Gasteiger partial charge on any atom is -0.494 e. The summed E-state index contributed by atoms with van der Waals surface area (Å²) in [6, 6.07) is 0. The molecule has 0 fully saturated rings. The van der Waals surface area contributed by atoms with Gasteiger partial charge in [0.25, 0.3) is 5.56 Å². The summed E-state index contributed by atoms with van der Waals surface area (Å²) < 4.78 is 0.0650. The normalized spacial score (nSPS) is 12.3. The van der Waals surface area contributed by atoms with Crippen LogP contribution in [0.2, 0.25) is 0 Å². The van der Waals surface area contributed by atoms with E-state index in [1.165, 1.54) is 0 Å². The lowest BCUT2D eigenvalue weighted by atomic mass is 10.0. The average molecular weight is 258 g/mol. The summed E-state index contributed by atoms with van der Waals surface area (Å²) >= 11 is 4.69. The van der Waals surface area contributed by atoms with Gasteiger partial charge in [-0.3, -0.25) is 14.6 Å². The second kappa shape index (κ2) is 5.62. The van der Waals surface area contributed by atoms with Crippen molar-refractivity contribution in [2.75, 3.05) is 0 Å². The van der Waals surface area contributed by atoms with Gasteiger partial charge in [-0.05, 0) is 31.5 Å². The van der Waals surface area contributed by atoms with Gasteiger partial charge in [-0.2, -0.15) is 0 Å². The second-order valence-corrected chi connectivity index (χ2v) is 4.28. The van der Waals surface area contributed by atoms with Crippen molar-refractivity contribution < 1.29 is 15.0 Å². The Labute approximate surface area is 102 Å². The molecule has 1 unspecified atom stereocenters. The fraction of sp³-hybridized carbons (Fsp3) is 0.500. The highest BCUT2D eigenvalue weighted by molar-refractivity contribution is 7.71. The minimum atomic E-state index is -0.865. The van der Waals surface area contributed by atoms with Crippen LogP contribution in [-0.2, 0) is 11.2 Å². The summed E-state index contributed by atoms with van der Waals surface area (Å²) in [5.41, 5.74) is -0.231. The lowest BCUT2D eigenvalue weighted by Crippen LogP contribution is -2.15. The number of carboxylic acid groups (broad SMARTS) is 1. The third-order valence-electron chi connectivity index (χ3n) is 2.50. The molecule has 0 aliphatic rings. The largest absolute Gasteiger partial charge is 0.494 e. The number of aromatic hydroxyl groups is 1. The Morgan fingerprint density at radius 1 is 1.47 bits per heavy atom. The zero-order chi connectivity index (χ0) is 13.0. The number of carbonyl (C=O) groups is 1. The minimum absolute atomic E-state index is 0.0650. The molecule has 0 radical (unpaired) electrons. The molecule has 1 atom stereocenters. The zero-order valence-electron chi connectivity index (χ0n) is 9.32. The summed E-state index contributed by atoms with van der Waals surface area (Å²) in [5.74, 6) is -1.57. The van der Waals surface area contributed by atoms with Gasteiger partial charge >= 0.3 is 5.97 Å². The van der Waals surface area contributed by atoms with Crippen LogP contribution < -0.4 is 5.56 Å². The average Bonchev–Trinajstić information content (AvgIpc) is 2.21. The number of hydrogen-bond acceptors (Lipinski definition) is 4. The van der Waals surface area contributed by atoms with Crippen LogP contribution in [0.25, 0.3) is 0 Å². The summed E-state index contributed by atoms with van der Waals surface area (Å²) in [5, 5.41) is 18.2. The van der Waals surface area contributed by atoms with Gasteiger partial charge in [-0.25, -0.2) is 0 Å². The van der Waals surface area contributed by atoms with E-state index in [-0.39, 0.29) is 16.2 Å². The predicted octanol–water partition coefficient (Wildman–Crippen LogP) is 1.18. The van der Waals surface area contributed by atoms with Gasteiger partial charge in [0.2, 0.25) is 0 Å². The van der Waals surface area contributed by atoms with Crippen molar-refractivity contribution in [3.05, 3.63) is 20.7 Å². The fourth-order valence-electron chi connectivity index (χ4n) is 1.44. The van der Waals surface area contributed by atoms with Gasteiger partial charge in [0.1, 0.15) is 0 Å². The first kappa shape index (κ1) is 13.4. The van der Waals surface area contributed by atoms with Crippen molar-refractivity contribution in [2.45, 2.75) is 26.2 Å². The Hall–Kier alpha value is -1.63. The summed E-state index contributed by atoms with van der Waals surface area (Å²) in [4.78, 5) is 26.8. The van der Waals surface area contributed by atoms with Gasteiger partial charge in [-0.15, -0.1) is 0 Å². The molecule has 0 saturated carbocycles. The number of rotatable bonds is 5. The van der Waals surface area contributed by atoms with Crippen LogP contribution in [0.15, 0.2) is 4.79 Å². The number of H-pyrrole nitrogens is 2. The number of hydrogen-bond donors (Lipinski definition) is 4. The van der Waals surface area contributed by atoms with Gasteiger partial charge in [0.15, 0.2) is 10.7 Å². The molecule has 0 aliphatic heterocycles. The Bertz CT molecular complexity index is 520. The predicted molar refractivity (Wildman–Crippen MR) is 63.7 cm³/mol. The van der Waals surface area contributed by atoms with Crippen molar-refractivity contribution in [1.82, 2.24) is 9.97 Å². The third-order valence-corrected chi connectivity index (χ3v) is 2.71. The molecular weight excluding hydrogens is 244 g/mol. The van der Waals surface area contributed by atoms with E-state index in [0.717, 1.165) is 0 Å². The van der Waals surface area contributed by atoms with Gasteiger partial charge in [0.05, 0.1) is 11.5 Å². The molecule has 1 aromatic rings.